The molecule has 1 aliphatic rings. The van der Waals surface area contributed by atoms with Crippen molar-refractivity contribution in [2.45, 2.75) is 38.5 Å². The van der Waals surface area contributed by atoms with E-state index in [1.165, 1.54) is 6.42 Å². The first-order valence-electron chi connectivity index (χ1n) is 8.22. The molecule has 0 radical (unpaired) electrons. The van der Waals surface area contributed by atoms with Crippen LogP contribution in [0.15, 0.2) is 24.3 Å². The summed E-state index contributed by atoms with van der Waals surface area (Å²) in [6.07, 6.45) is 5.10. The van der Waals surface area contributed by atoms with Crippen molar-refractivity contribution in [1.29, 1.82) is 0 Å². The van der Waals surface area contributed by atoms with Gasteiger partial charge in [-0.25, -0.2) is 4.79 Å². The Morgan fingerprint density at radius 2 is 1.71 bits per heavy atom. The molecule has 0 spiro atoms. The van der Waals surface area contributed by atoms with Gasteiger partial charge in [0.25, 0.3) is 0 Å². The zero-order valence-electron chi connectivity index (χ0n) is 13.5. The summed E-state index contributed by atoms with van der Waals surface area (Å²) in [6.45, 7) is 0.0548. The van der Waals surface area contributed by atoms with Crippen molar-refractivity contribution in [3.63, 3.8) is 0 Å². The van der Waals surface area contributed by atoms with Gasteiger partial charge in [0.05, 0.1) is 6.42 Å². The Kier molecular flexibility index (Phi) is 6.60. The van der Waals surface area contributed by atoms with E-state index in [9.17, 15) is 14.4 Å². The summed E-state index contributed by atoms with van der Waals surface area (Å²) in [4.78, 5) is 34.3. The van der Waals surface area contributed by atoms with E-state index in [0.29, 0.717) is 11.4 Å². The van der Waals surface area contributed by atoms with Crippen LogP contribution in [0.2, 0.25) is 0 Å². The number of hydrogen-bond acceptors (Lipinski definition) is 3. The molecule has 0 aromatic heterocycles. The fourth-order valence-electron chi connectivity index (χ4n) is 2.74. The fraction of sp³-hybridized carbons (Fsp3) is 0.471. The van der Waals surface area contributed by atoms with E-state index in [1.807, 2.05) is 0 Å². The third kappa shape index (κ3) is 5.91. The van der Waals surface area contributed by atoms with Crippen LogP contribution in [-0.2, 0) is 9.59 Å². The van der Waals surface area contributed by atoms with Crippen LogP contribution >= 0.6 is 0 Å². The first kappa shape index (κ1) is 17.8. The van der Waals surface area contributed by atoms with Crippen molar-refractivity contribution in [3.05, 3.63) is 24.3 Å². The molecule has 1 aromatic carbocycles. The summed E-state index contributed by atoms with van der Waals surface area (Å²) in [7, 11) is 0. The highest BCUT2D eigenvalue weighted by Gasteiger charge is 2.21. The number of amides is 3. The lowest BCUT2D eigenvalue weighted by Gasteiger charge is -2.20. The van der Waals surface area contributed by atoms with E-state index in [-0.39, 0.29) is 24.8 Å². The SMILES string of the molecule is O=C(O)CCNC(=O)Nc1cccc(NC(=O)C2CCCCC2)c1. The maximum absolute atomic E-state index is 12.2. The van der Waals surface area contributed by atoms with Gasteiger partial charge in [-0.15, -0.1) is 0 Å². The minimum Gasteiger partial charge on any atom is -0.481 e. The molecule has 24 heavy (non-hydrogen) atoms. The average Bonchev–Trinajstić information content (AvgIpc) is 2.55. The minimum atomic E-state index is -0.970. The van der Waals surface area contributed by atoms with Gasteiger partial charge in [0.15, 0.2) is 0 Å². The molecule has 4 N–H and O–H groups in total. The molecule has 1 aliphatic carbocycles. The largest absolute Gasteiger partial charge is 0.481 e. The van der Waals surface area contributed by atoms with E-state index in [0.717, 1.165) is 25.7 Å². The molecule has 0 aliphatic heterocycles. The maximum Gasteiger partial charge on any atom is 0.319 e. The predicted octanol–water partition coefficient (Wildman–Crippen LogP) is 2.80. The highest BCUT2D eigenvalue weighted by molar-refractivity contribution is 5.94. The van der Waals surface area contributed by atoms with E-state index >= 15 is 0 Å². The summed E-state index contributed by atoms with van der Waals surface area (Å²) in [5.41, 5.74) is 1.16. The van der Waals surface area contributed by atoms with Gasteiger partial charge in [0.1, 0.15) is 0 Å². The van der Waals surface area contributed by atoms with Gasteiger partial charge in [0, 0.05) is 23.8 Å². The number of urea groups is 1. The maximum atomic E-state index is 12.2. The minimum absolute atomic E-state index is 0.0257. The summed E-state index contributed by atoms with van der Waals surface area (Å²) in [5, 5.41) is 16.5. The zero-order valence-corrected chi connectivity index (χ0v) is 13.5. The summed E-state index contributed by atoms with van der Waals surface area (Å²) < 4.78 is 0. The van der Waals surface area contributed by atoms with Crippen molar-refractivity contribution in [3.8, 4) is 0 Å². The topological polar surface area (TPSA) is 108 Å². The van der Waals surface area contributed by atoms with Crippen LogP contribution in [0, 0.1) is 5.92 Å². The number of carbonyl (C=O) groups is 3. The molecule has 0 unspecified atom stereocenters. The second-order valence-electron chi connectivity index (χ2n) is 5.93. The van der Waals surface area contributed by atoms with Gasteiger partial charge in [-0.2, -0.15) is 0 Å². The molecule has 0 heterocycles. The molecular weight excluding hydrogens is 310 g/mol. The van der Waals surface area contributed by atoms with Crippen LogP contribution in [0.4, 0.5) is 16.2 Å². The number of anilines is 2. The molecule has 0 saturated heterocycles. The Morgan fingerprint density at radius 1 is 1.04 bits per heavy atom. The lowest BCUT2D eigenvalue weighted by Crippen LogP contribution is -2.30. The summed E-state index contributed by atoms with van der Waals surface area (Å²) in [6, 6.07) is 6.41. The molecule has 130 valence electrons. The van der Waals surface area contributed by atoms with Crippen molar-refractivity contribution in [1.82, 2.24) is 5.32 Å². The molecule has 7 heteroatoms. The summed E-state index contributed by atoms with van der Waals surface area (Å²) in [5.74, 6) is -0.879. The third-order valence-electron chi connectivity index (χ3n) is 3.99. The van der Waals surface area contributed by atoms with Gasteiger partial charge in [0.2, 0.25) is 5.91 Å². The molecule has 2 rings (SSSR count). The normalized spacial score (nSPS) is 14.7. The van der Waals surface area contributed by atoms with Crippen LogP contribution in [0.25, 0.3) is 0 Å². The second-order valence-corrected chi connectivity index (χ2v) is 5.93. The molecule has 0 atom stereocenters. The number of benzene rings is 1. The van der Waals surface area contributed by atoms with Crippen molar-refractivity contribution in [2.24, 2.45) is 5.92 Å². The smallest absolute Gasteiger partial charge is 0.319 e. The lowest BCUT2D eigenvalue weighted by molar-refractivity contribution is -0.136. The highest BCUT2D eigenvalue weighted by Crippen LogP contribution is 2.25. The van der Waals surface area contributed by atoms with Crippen molar-refractivity contribution >= 4 is 29.3 Å². The summed E-state index contributed by atoms with van der Waals surface area (Å²) >= 11 is 0. The van der Waals surface area contributed by atoms with Crippen LogP contribution in [0.3, 0.4) is 0 Å². The van der Waals surface area contributed by atoms with E-state index in [4.69, 9.17) is 5.11 Å². The fourth-order valence-corrected chi connectivity index (χ4v) is 2.74. The first-order chi connectivity index (χ1) is 11.5. The standard InChI is InChI=1S/C17H23N3O4/c21-15(22)9-10-18-17(24)20-14-8-4-7-13(11-14)19-16(23)12-5-2-1-3-6-12/h4,7-8,11-12H,1-3,5-6,9-10H2,(H,19,23)(H,21,22)(H2,18,20,24). The number of carboxylic acid groups (broad SMARTS) is 1. The number of rotatable bonds is 6. The number of aliphatic carboxylic acids is 1. The zero-order chi connectivity index (χ0) is 17.4. The third-order valence-corrected chi connectivity index (χ3v) is 3.99. The van der Waals surface area contributed by atoms with Gasteiger partial charge >= 0.3 is 12.0 Å². The number of nitrogens with one attached hydrogen (secondary N) is 3. The van der Waals surface area contributed by atoms with Crippen LogP contribution in [0.1, 0.15) is 38.5 Å². The Labute approximate surface area is 140 Å². The number of carbonyl (C=O) groups excluding carboxylic acids is 2. The molecular formula is C17H23N3O4. The second kappa shape index (κ2) is 8.90. The van der Waals surface area contributed by atoms with Gasteiger partial charge in [-0.3, -0.25) is 9.59 Å². The molecule has 0 bridgehead atoms. The number of carboxylic acids is 1. The Hall–Kier alpha value is -2.57. The van der Waals surface area contributed by atoms with Crippen LogP contribution < -0.4 is 16.0 Å². The molecule has 7 nitrogen and oxygen atoms in total. The quantitative estimate of drug-likeness (QED) is 0.642. The lowest BCUT2D eigenvalue weighted by atomic mass is 9.88. The monoisotopic (exact) mass is 333 g/mol. The van der Waals surface area contributed by atoms with Crippen LogP contribution in [0.5, 0.6) is 0 Å². The van der Waals surface area contributed by atoms with E-state index in [2.05, 4.69) is 16.0 Å². The van der Waals surface area contributed by atoms with E-state index in [1.54, 1.807) is 24.3 Å². The Morgan fingerprint density at radius 3 is 2.38 bits per heavy atom. The number of hydrogen-bond donors (Lipinski definition) is 4. The van der Waals surface area contributed by atoms with Gasteiger partial charge in [-0.1, -0.05) is 25.3 Å². The van der Waals surface area contributed by atoms with Gasteiger partial charge < -0.3 is 21.1 Å². The predicted molar refractivity (Wildman–Crippen MR) is 90.9 cm³/mol. The van der Waals surface area contributed by atoms with Crippen molar-refractivity contribution in [2.75, 3.05) is 17.2 Å². The highest BCUT2D eigenvalue weighted by atomic mass is 16.4. The molecule has 1 fully saturated rings. The molecule has 1 aromatic rings. The Balaban J connectivity index is 1.85. The average molecular weight is 333 g/mol. The van der Waals surface area contributed by atoms with Gasteiger partial charge in [-0.05, 0) is 31.0 Å². The first-order valence-corrected chi connectivity index (χ1v) is 8.22. The van der Waals surface area contributed by atoms with Crippen molar-refractivity contribution < 1.29 is 19.5 Å². The Bertz CT molecular complexity index is 597. The van der Waals surface area contributed by atoms with E-state index < -0.39 is 12.0 Å². The molecule has 1 saturated carbocycles. The molecule has 3 amide bonds. The van der Waals surface area contributed by atoms with Crippen LogP contribution in [-0.4, -0.2) is 29.6 Å².